The monoisotopic (exact) mass is 360 g/mol. The fourth-order valence-corrected chi connectivity index (χ4v) is 3.71. The first-order valence-corrected chi connectivity index (χ1v) is 9.51. The van der Waals surface area contributed by atoms with Gasteiger partial charge in [-0.15, -0.1) is 0 Å². The number of hydrogen-bond acceptors (Lipinski definition) is 4. The number of ether oxygens (including phenoxy) is 2. The van der Waals surface area contributed by atoms with Crippen molar-refractivity contribution in [1.82, 2.24) is 9.80 Å². The van der Waals surface area contributed by atoms with Gasteiger partial charge in [0.25, 0.3) is 0 Å². The van der Waals surface area contributed by atoms with Crippen molar-refractivity contribution in [2.24, 2.45) is 5.92 Å². The van der Waals surface area contributed by atoms with Gasteiger partial charge in [-0.3, -0.25) is 0 Å². The molecule has 2 fully saturated rings. The lowest BCUT2D eigenvalue weighted by Crippen LogP contribution is -2.43. The molecule has 2 heterocycles. The highest BCUT2D eigenvalue weighted by atomic mass is 16.6. The molecule has 0 aromatic heterocycles. The predicted molar refractivity (Wildman–Crippen MR) is 97.7 cm³/mol. The van der Waals surface area contributed by atoms with Crippen molar-refractivity contribution >= 4 is 12.2 Å². The minimum Gasteiger partial charge on any atom is -0.445 e. The average molecular weight is 360 g/mol. The maximum absolute atomic E-state index is 12.2. The lowest BCUT2D eigenvalue weighted by molar-refractivity contribution is 0.0777. The van der Waals surface area contributed by atoms with Crippen LogP contribution in [0.25, 0.3) is 0 Å². The molecular formula is C20H28N2O4. The second kappa shape index (κ2) is 8.43. The molecule has 0 spiro atoms. The Kier molecular flexibility index (Phi) is 6.01. The number of likely N-dealkylation sites (tertiary alicyclic amines) is 1. The van der Waals surface area contributed by atoms with E-state index in [0.29, 0.717) is 32.2 Å². The number of carbonyl (C=O) groups is 2. The van der Waals surface area contributed by atoms with Crippen molar-refractivity contribution in [3.8, 4) is 0 Å². The first kappa shape index (κ1) is 18.5. The van der Waals surface area contributed by atoms with Gasteiger partial charge >= 0.3 is 12.2 Å². The van der Waals surface area contributed by atoms with Crippen molar-refractivity contribution in [2.45, 2.75) is 51.9 Å². The summed E-state index contributed by atoms with van der Waals surface area (Å²) in [5.74, 6) is 0.402. The lowest BCUT2D eigenvalue weighted by Gasteiger charge is -2.33. The SMILES string of the molecule is CC[C@H]1OC(=O)N(CC2CCN(C(=O)OCc3ccccc3)CC2)[C@@H]1C. The first-order valence-electron chi connectivity index (χ1n) is 9.51. The average Bonchev–Trinajstić information content (AvgIpc) is 2.95. The maximum atomic E-state index is 12.2. The summed E-state index contributed by atoms with van der Waals surface area (Å²) in [6.07, 6.45) is 2.15. The minimum atomic E-state index is -0.257. The van der Waals surface area contributed by atoms with Crippen LogP contribution in [0.4, 0.5) is 9.59 Å². The third-order valence-corrected chi connectivity index (χ3v) is 5.45. The molecule has 2 aliphatic rings. The van der Waals surface area contributed by atoms with E-state index in [1.54, 1.807) is 4.90 Å². The lowest BCUT2D eigenvalue weighted by atomic mass is 9.96. The van der Waals surface area contributed by atoms with Crippen LogP contribution in [0.3, 0.4) is 0 Å². The molecule has 0 aliphatic carbocycles. The smallest absolute Gasteiger partial charge is 0.410 e. The van der Waals surface area contributed by atoms with Crippen LogP contribution in [0, 0.1) is 5.92 Å². The van der Waals surface area contributed by atoms with Gasteiger partial charge in [-0.25, -0.2) is 9.59 Å². The van der Waals surface area contributed by atoms with Crippen LogP contribution < -0.4 is 0 Å². The van der Waals surface area contributed by atoms with Crippen LogP contribution in [0.5, 0.6) is 0 Å². The van der Waals surface area contributed by atoms with Crippen LogP contribution >= 0.6 is 0 Å². The highest BCUT2D eigenvalue weighted by Gasteiger charge is 2.39. The van der Waals surface area contributed by atoms with Gasteiger partial charge in [0.15, 0.2) is 0 Å². The first-order chi connectivity index (χ1) is 12.6. The third-order valence-electron chi connectivity index (χ3n) is 5.45. The predicted octanol–water partition coefficient (Wildman–Crippen LogP) is 3.65. The standard InChI is InChI=1S/C20H28N2O4/c1-3-18-15(2)22(20(24)26-18)13-16-9-11-21(12-10-16)19(23)25-14-17-7-5-4-6-8-17/h4-8,15-16,18H,3,9-14H2,1-2H3/t15-,18-/m1/s1. The van der Waals surface area contributed by atoms with Crippen molar-refractivity contribution in [1.29, 1.82) is 0 Å². The molecule has 2 amide bonds. The maximum Gasteiger partial charge on any atom is 0.410 e. The molecule has 0 N–H and O–H groups in total. The number of nitrogens with zero attached hydrogens (tertiary/aromatic N) is 2. The summed E-state index contributed by atoms with van der Waals surface area (Å²) in [7, 11) is 0. The zero-order chi connectivity index (χ0) is 18.5. The van der Waals surface area contributed by atoms with Gasteiger partial charge in [-0.1, -0.05) is 37.3 Å². The zero-order valence-electron chi connectivity index (χ0n) is 15.6. The third kappa shape index (κ3) is 4.29. The summed E-state index contributed by atoms with van der Waals surface area (Å²) in [4.78, 5) is 27.9. The van der Waals surface area contributed by atoms with Gasteiger partial charge < -0.3 is 19.3 Å². The highest BCUT2D eigenvalue weighted by Crippen LogP contribution is 2.26. The number of cyclic esters (lactones) is 1. The summed E-state index contributed by atoms with van der Waals surface area (Å²) in [5, 5.41) is 0. The van der Waals surface area contributed by atoms with Gasteiger partial charge in [0.05, 0.1) is 6.04 Å². The second-order valence-corrected chi connectivity index (χ2v) is 7.19. The second-order valence-electron chi connectivity index (χ2n) is 7.19. The van der Waals surface area contributed by atoms with E-state index in [9.17, 15) is 9.59 Å². The van der Waals surface area contributed by atoms with Crippen LogP contribution in [0.2, 0.25) is 0 Å². The van der Waals surface area contributed by atoms with E-state index in [1.165, 1.54) is 0 Å². The van der Waals surface area contributed by atoms with Crippen LogP contribution in [-0.4, -0.2) is 53.8 Å². The van der Waals surface area contributed by atoms with Gasteiger partial charge in [0.2, 0.25) is 0 Å². The largest absolute Gasteiger partial charge is 0.445 e. The molecule has 0 bridgehead atoms. The van der Waals surface area contributed by atoms with Gasteiger partial charge in [-0.05, 0) is 37.7 Å². The fraction of sp³-hybridized carbons (Fsp3) is 0.600. The van der Waals surface area contributed by atoms with Crippen molar-refractivity contribution < 1.29 is 19.1 Å². The molecular weight excluding hydrogens is 332 g/mol. The molecule has 0 unspecified atom stereocenters. The Bertz CT molecular complexity index is 613. The topological polar surface area (TPSA) is 59.1 Å². The summed E-state index contributed by atoms with van der Waals surface area (Å²) < 4.78 is 10.8. The zero-order valence-corrected chi connectivity index (χ0v) is 15.6. The van der Waals surface area contributed by atoms with E-state index in [4.69, 9.17) is 9.47 Å². The van der Waals surface area contributed by atoms with Crippen LogP contribution in [0.15, 0.2) is 30.3 Å². The Hall–Kier alpha value is -2.24. The quantitative estimate of drug-likeness (QED) is 0.804. The molecule has 3 rings (SSSR count). The number of hydrogen-bond donors (Lipinski definition) is 0. The molecule has 6 nitrogen and oxygen atoms in total. The molecule has 1 aromatic carbocycles. The van der Waals surface area contributed by atoms with Crippen molar-refractivity contribution in [2.75, 3.05) is 19.6 Å². The van der Waals surface area contributed by atoms with E-state index in [2.05, 4.69) is 6.92 Å². The van der Waals surface area contributed by atoms with Gasteiger partial charge in [0.1, 0.15) is 12.7 Å². The Morgan fingerprint density at radius 1 is 1.23 bits per heavy atom. The molecule has 0 radical (unpaired) electrons. The summed E-state index contributed by atoms with van der Waals surface area (Å²) in [5.41, 5.74) is 0.989. The Balaban J connectivity index is 1.42. The molecule has 6 heteroatoms. The van der Waals surface area contributed by atoms with Crippen LogP contribution in [0.1, 0.15) is 38.7 Å². The Labute approximate surface area is 155 Å². The fourth-order valence-electron chi connectivity index (χ4n) is 3.71. The van der Waals surface area contributed by atoms with Gasteiger partial charge in [0, 0.05) is 19.6 Å². The number of benzene rings is 1. The van der Waals surface area contributed by atoms with E-state index < -0.39 is 0 Å². The summed E-state index contributed by atoms with van der Waals surface area (Å²) in [6.45, 7) is 6.45. The Morgan fingerprint density at radius 2 is 1.92 bits per heavy atom. The molecule has 1 aromatic rings. The summed E-state index contributed by atoms with van der Waals surface area (Å²) >= 11 is 0. The number of carbonyl (C=O) groups excluding carboxylic acids is 2. The normalized spacial score (nSPS) is 23.8. The number of rotatable bonds is 5. The Morgan fingerprint density at radius 3 is 2.54 bits per heavy atom. The molecule has 26 heavy (non-hydrogen) atoms. The minimum absolute atomic E-state index is 0.00412. The molecule has 2 atom stereocenters. The highest BCUT2D eigenvalue weighted by molar-refractivity contribution is 5.70. The van der Waals surface area contributed by atoms with E-state index >= 15 is 0 Å². The van der Waals surface area contributed by atoms with E-state index in [-0.39, 0.29) is 24.3 Å². The molecule has 0 saturated carbocycles. The van der Waals surface area contributed by atoms with Crippen molar-refractivity contribution in [3.05, 3.63) is 35.9 Å². The van der Waals surface area contributed by atoms with Crippen LogP contribution in [-0.2, 0) is 16.1 Å². The molecule has 2 aliphatic heterocycles. The van der Waals surface area contributed by atoms with Crippen molar-refractivity contribution in [3.63, 3.8) is 0 Å². The van der Waals surface area contributed by atoms with E-state index in [0.717, 1.165) is 24.8 Å². The molecule has 142 valence electrons. The summed E-state index contributed by atoms with van der Waals surface area (Å²) in [6, 6.07) is 9.82. The number of amides is 2. The molecule has 2 saturated heterocycles. The van der Waals surface area contributed by atoms with E-state index in [1.807, 2.05) is 42.2 Å². The number of piperidine rings is 1. The van der Waals surface area contributed by atoms with Gasteiger partial charge in [-0.2, -0.15) is 0 Å².